The highest BCUT2D eigenvalue weighted by atomic mass is 32.1. The molecule has 0 bridgehead atoms. The lowest BCUT2D eigenvalue weighted by Crippen LogP contribution is -2.57. The van der Waals surface area contributed by atoms with E-state index in [-0.39, 0.29) is 35.9 Å². The molecule has 2 aromatic rings. The topological polar surface area (TPSA) is 91.7 Å². The van der Waals surface area contributed by atoms with Gasteiger partial charge in [-0.25, -0.2) is 19.7 Å². The van der Waals surface area contributed by atoms with Gasteiger partial charge in [-0.15, -0.1) is 0 Å². The van der Waals surface area contributed by atoms with Gasteiger partial charge in [0.25, 0.3) is 0 Å². The van der Waals surface area contributed by atoms with Gasteiger partial charge in [-0.05, 0) is 20.8 Å². The van der Waals surface area contributed by atoms with Crippen molar-refractivity contribution in [2.24, 2.45) is 0 Å². The molecule has 0 saturated carbocycles. The Morgan fingerprint density at radius 2 is 1.74 bits per heavy atom. The van der Waals surface area contributed by atoms with Crippen LogP contribution in [0.4, 0.5) is 36.1 Å². The molecule has 1 aliphatic heterocycles. The van der Waals surface area contributed by atoms with Gasteiger partial charge >= 0.3 is 18.4 Å². The molecule has 3 rings (SSSR count). The van der Waals surface area contributed by atoms with Crippen LogP contribution in [0.25, 0.3) is 11.3 Å². The summed E-state index contributed by atoms with van der Waals surface area (Å²) in [6.45, 7) is 4.58. The van der Waals surface area contributed by atoms with Crippen molar-refractivity contribution in [1.82, 2.24) is 19.9 Å². The van der Waals surface area contributed by atoms with Crippen LogP contribution in [0.1, 0.15) is 31.6 Å². The molecule has 15 heteroatoms. The second kappa shape index (κ2) is 9.17. The molecule has 3 heterocycles. The SMILES string of the molecule is CC(C)(C)OC(=O)N1CCN(c2sc(C(F)(F)F)nc2-c2cnc(C(F)(F)F)nc2)CC1CO. The molecule has 1 N–H and O–H groups in total. The monoisotopic (exact) mass is 513 g/mol. The number of aliphatic hydroxyl groups excluding tert-OH is 1. The highest BCUT2D eigenvalue weighted by molar-refractivity contribution is 7.16. The maximum Gasteiger partial charge on any atom is 0.451 e. The minimum atomic E-state index is -4.81. The maximum absolute atomic E-state index is 13.4. The van der Waals surface area contributed by atoms with Crippen LogP contribution < -0.4 is 4.90 Å². The Morgan fingerprint density at radius 3 is 2.24 bits per heavy atom. The summed E-state index contributed by atoms with van der Waals surface area (Å²) in [7, 11) is 0. The number of carbonyl (C=O) groups excluding carboxylic acids is 1. The smallest absolute Gasteiger partial charge is 0.444 e. The van der Waals surface area contributed by atoms with Gasteiger partial charge < -0.3 is 14.7 Å². The molecule has 0 spiro atoms. The van der Waals surface area contributed by atoms with E-state index in [1.807, 2.05) is 0 Å². The molecular formula is C19H21F6N5O3S. The third kappa shape index (κ3) is 5.87. The predicted octanol–water partition coefficient (Wildman–Crippen LogP) is 4.06. The summed E-state index contributed by atoms with van der Waals surface area (Å²) in [5.74, 6) is -1.43. The lowest BCUT2D eigenvalue weighted by Gasteiger charge is -2.41. The lowest BCUT2D eigenvalue weighted by molar-refractivity contribution is -0.145. The Balaban J connectivity index is 1.93. The number of piperazine rings is 1. The molecule has 188 valence electrons. The Bertz CT molecular complexity index is 1020. The number of ether oxygens (including phenoxy) is 1. The van der Waals surface area contributed by atoms with Crippen LogP contribution >= 0.6 is 11.3 Å². The van der Waals surface area contributed by atoms with Gasteiger partial charge in [-0.2, -0.15) is 26.3 Å². The first-order valence-electron chi connectivity index (χ1n) is 9.93. The highest BCUT2D eigenvalue weighted by Gasteiger charge is 2.40. The molecule has 0 radical (unpaired) electrons. The summed E-state index contributed by atoms with van der Waals surface area (Å²) in [6.07, 6.45) is -8.77. The molecule has 1 amide bonds. The molecular weight excluding hydrogens is 492 g/mol. The first-order valence-corrected chi connectivity index (χ1v) is 10.7. The molecule has 0 aliphatic carbocycles. The largest absolute Gasteiger partial charge is 0.451 e. The maximum atomic E-state index is 13.4. The van der Waals surface area contributed by atoms with E-state index in [4.69, 9.17) is 4.74 Å². The van der Waals surface area contributed by atoms with Gasteiger partial charge in [0.1, 0.15) is 16.3 Å². The van der Waals surface area contributed by atoms with Crippen molar-refractivity contribution in [3.8, 4) is 11.3 Å². The average molecular weight is 513 g/mol. The van der Waals surface area contributed by atoms with E-state index >= 15 is 0 Å². The molecule has 2 aromatic heterocycles. The fourth-order valence-electron chi connectivity index (χ4n) is 3.19. The van der Waals surface area contributed by atoms with Gasteiger partial charge in [-0.1, -0.05) is 11.3 Å². The van der Waals surface area contributed by atoms with Gasteiger partial charge in [-0.3, -0.25) is 4.90 Å². The fraction of sp³-hybridized carbons (Fsp3) is 0.579. The first-order chi connectivity index (χ1) is 15.6. The number of alkyl halides is 6. The average Bonchev–Trinajstić information content (AvgIpc) is 3.17. The number of hydrogen-bond acceptors (Lipinski definition) is 8. The normalized spacial score (nSPS) is 17.8. The number of halogens is 6. The van der Waals surface area contributed by atoms with Crippen LogP contribution in [-0.2, 0) is 17.1 Å². The van der Waals surface area contributed by atoms with Crippen molar-refractivity contribution >= 4 is 22.4 Å². The van der Waals surface area contributed by atoms with Crippen LogP contribution in [0.3, 0.4) is 0 Å². The molecule has 34 heavy (non-hydrogen) atoms. The van der Waals surface area contributed by atoms with Crippen LogP contribution in [-0.4, -0.2) is 68.9 Å². The third-order valence-corrected chi connectivity index (χ3v) is 5.80. The minimum Gasteiger partial charge on any atom is -0.444 e. The lowest BCUT2D eigenvalue weighted by atomic mass is 10.1. The van der Waals surface area contributed by atoms with Crippen molar-refractivity contribution in [3.05, 3.63) is 23.2 Å². The van der Waals surface area contributed by atoms with E-state index in [0.717, 1.165) is 12.4 Å². The van der Waals surface area contributed by atoms with E-state index in [1.54, 1.807) is 20.8 Å². The van der Waals surface area contributed by atoms with E-state index < -0.39 is 47.5 Å². The molecule has 1 unspecified atom stereocenters. The van der Waals surface area contributed by atoms with Gasteiger partial charge in [0.05, 0.1) is 12.6 Å². The second-order valence-electron chi connectivity index (χ2n) is 8.42. The van der Waals surface area contributed by atoms with Gasteiger partial charge in [0, 0.05) is 37.6 Å². The molecule has 0 aromatic carbocycles. The number of aliphatic hydroxyl groups is 1. The van der Waals surface area contributed by atoms with E-state index in [0.29, 0.717) is 11.3 Å². The number of anilines is 1. The Hall–Kier alpha value is -2.68. The minimum absolute atomic E-state index is 0.0120. The number of rotatable bonds is 3. The number of hydrogen-bond donors (Lipinski definition) is 1. The van der Waals surface area contributed by atoms with Crippen LogP contribution in [0.2, 0.25) is 0 Å². The summed E-state index contributed by atoms with van der Waals surface area (Å²) in [5, 5.41) is 8.62. The molecule has 1 saturated heterocycles. The Labute approximate surface area is 194 Å². The predicted molar refractivity (Wildman–Crippen MR) is 109 cm³/mol. The summed E-state index contributed by atoms with van der Waals surface area (Å²) >= 11 is 0.305. The van der Waals surface area contributed by atoms with Crippen molar-refractivity contribution < 1.29 is 41.0 Å². The zero-order chi connectivity index (χ0) is 25.5. The van der Waals surface area contributed by atoms with Crippen molar-refractivity contribution in [3.63, 3.8) is 0 Å². The zero-order valence-corrected chi connectivity index (χ0v) is 19.1. The quantitative estimate of drug-likeness (QED) is 0.619. The van der Waals surface area contributed by atoms with E-state index in [9.17, 15) is 36.2 Å². The first kappa shape index (κ1) is 25.9. The highest BCUT2D eigenvalue weighted by Crippen LogP contribution is 2.43. The molecule has 1 aliphatic rings. The molecule has 1 fully saturated rings. The Kier molecular flexibility index (Phi) is 6.99. The number of thiazole rings is 1. The number of nitrogens with zero attached hydrogens (tertiary/aromatic N) is 5. The standard InChI is InChI=1S/C19H21F6N5O3S/c1-17(2,3)33-16(32)30-5-4-29(8-11(30)9-31)13-12(28-15(34-13)19(23,24)25)10-6-26-14(27-7-10)18(20,21)22/h6-7,11,31H,4-5,8-9H2,1-3H3. The van der Waals surface area contributed by atoms with Gasteiger partial charge in [0.2, 0.25) is 10.8 Å². The van der Waals surface area contributed by atoms with Crippen LogP contribution in [0, 0.1) is 0 Å². The van der Waals surface area contributed by atoms with Gasteiger partial charge in [0.15, 0.2) is 0 Å². The van der Waals surface area contributed by atoms with Crippen molar-refractivity contribution in [1.29, 1.82) is 0 Å². The zero-order valence-electron chi connectivity index (χ0n) is 18.2. The summed E-state index contributed by atoms with van der Waals surface area (Å²) in [5.41, 5.74) is -1.16. The van der Waals surface area contributed by atoms with E-state index in [2.05, 4.69) is 15.0 Å². The van der Waals surface area contributed by atoms with Crippen LogP contribution in [0.15, 0.2) is 12.4 Å². The number of carbonyl (C=O) groups is 1. The van der Waals surface area contributed by atoms with Crippen molar-refractivity contribution in [2.45, 2.75) is 44.8 Å². The number of amides is 1. The summed E-state index contributed by atoms with van der Waals surface area (Å²) in [6, 6.07) is -0.795. The van der Waals surface area contributed by atoms with Crippen molar-refractivity contribution in [2.75, 3.05) is 31.1 Å². The number of aromatic nitrogens is 3. The molecule has 8 nitrogen and oxygen atoms in total. The molecule has 1 atom stereocenters. The van der Waals surface area contributed by atoms with Crippen LogP contribution in [0.5, 0.6) is 0 Å². The second-order valence-corrected chi connectivity index (χ2v) is 9.40. The fourth-order valence-corrected chi connectivity index (χ4v) is 4.18. The third-order valence-electron chi connectivity index (χ3n) is 4.64. The Morgan fingerprint density at radius 1 is 1.12 bits per heavy atom. The summed E-state index contributed by atoms with van der Waals surface area (Å²) in [4.78, 5) is 25.2. The van der Waals surface area contributed by atoms with E-state index in [1.165, 1.54) is 9.80 Å². The summed E-state index contributed by atoms with van der Waals surface area (Å²) < 4.78 is 83.8.